The lowest BCUT2D eigenvalue weighted by Gasteiger charge is -1.97. The summed E-state index contributed by atoms with van der Waals surface area (Å²) in [5.41, 5.74) is 5.35. The Hall–Kier alpha value is -0.950. The van der Waals surface area contributed by atoms with Crippen molar-refractivity contribution < 1.29 is 12.9 Å². The zero-order chi connectivity index (χ0) is 10.9. The van der Waals surface area contributed by atoms with E-state index in [4.69, 9.17) is 10.3 Å². The summed E-state index contributed by atoms with van der Waals surface area (Å²) in [5.74, 6) is 1.19. The van der Waals surface area contributed by atoms with Gasteiger partial charge in [-0.2, -0.15) is 4.98 Å². The maximum absolute atomic E-state index is 11.2. The third kappa shape index (κ3) is 2.35. The Morgan fingerprint density at radius 3 is 2.93 bits per heavy atom. The van der Waals surface area contributed by atoms with Gasteiger partial charge in [0.05, 0.1) is 17.4 Å². The molecule has 0 bridgehead atoms. The molecule has 1 unspecified atom stereocenters. The summed E-state index contributed by atoms with van der Waals surface area (Å²) in [7, 11) is -2.90. The fraction of sp³-hybridized carbons (Fsp3) is 0.750. The van der Waals surface area contributed by atoms with E-state index in [0.717, 1.165) is 0 Å². The topological polar surface area (TPSA) is 99.1 Å². The normalized spacial score (nSPS) is 24.5. The molecule has 0 aromatic carbocycles. The smallest absolute Gasteiger partial charge is 0.230 e. The molecule has 2 heterocycles. The number of hydrogen-bond donors (Lipinski definition) is 1. The predicted molar refractivity (Wildman–Crippen MR) is 53.1 cm³/mol. The largest absolute Gasteiger partial charge is 0.339 e. The highest BCUT2D eigenvalue weighted by atomic mass is 32.2. The van der Waals surface area contributed by atoms with Gasteiger partial charge in [0.15, 0.2) is 15.7 Å². The molecule has 6 nitrogen and oxygen atoms in total. The zero-order valence-electron chi connectivity index (χ0n) is 8.22. The summed E-state index contributed by atoms with van der Waals surface area (Å²) < 4.78 is 27.5. The van der Waals surface area contributed by atoms with Gasteiger partial charge in [0.25, 0.3) is 0 Å². The average molecular weight is 231 g/mol. The molecule has 1 aromatic heterocycles. The van der Waals surface area contributed by atoms with Crippen molar-refractivity contribution in [2.24, 2.45) is 5.73 Å². The molecule has 0 spiro atoms. The molecule has 84 valence electrons. The van der Waals surface area contributed by atoms with Crippen LogP contribution in [0.5, 0.6) is 0 Å². The van der Waals surface area contributed by atoms with Crippen molar-refractivity contribution in [3.8, 4) is 0 Å². The van der Waals surface area contributed by atoms with E-state index in [9.17, 15) is 8.42 Å². The van der Waals surface area contributed by atoms with Gasteiger partial charge in [-0.15, -0.1) is 0 Å². The first-order chi connectivity index (χ1) is 7.11. The Labute approximate surface area is 87.8 Å². The van der Waals surface area contributed by atoms with Gasteiger partial charge in [-0.25, -0.2) is 8.42 Å². The molecule has 0 radical (unpaired) electrons. The van der Waals surface area contributed by atoms with E-state index >= 15 is 0 Å². The molecular formula is C8H13N3O3S. The molecule has 7 heteroatoms. The van der Waals surface area contributed by atoms with E-state index in [1.54, 1.807) is 0 Å². The van der Waals surface area contributed by atoms with Crippen LogP contribution in [0.25, 0.3) is 0 Å². The minimum Gasteiger partial charge on any atom is -0.339 e. The second-order valence-corrected chi connectivity index (χ2v) is 5.92. The first kappa shape index (κ1) is 10.6. The van der Waals surface area contributed by atoms with Gasteiger partial charge in [-0.05, 0) is 13.0 Å². The lowest BCUT2D eigenvalue weighted by atomic mass is 10.1. The van der Waals surface area contributed by atoms with E-state index in [1.807, 2.05) is 0 Å². The lowest BCUT2D eigenvalue weighted by Crippen LogP contribution is -2.05. The van der Waals surface area contributed by atoms with Crippen molar-refractivity contribution in [3.63, 3.8) is 0 Å². The van der Waals surface area contributed by atoms with Gasteiger partial charge in [-0.3, -0.25) is 0 Å². The summed E-state index contributed by atoms with van der Waals surface area (Å²) in [6.45, 7) is 0.460. The Kier molecular flexibility index (Phi) is 2.74. The van der Waals surface area contributed by atoms with E-state index in [-0.39, 0.29) is 17.4 Å². The van der Waals surface area contributed by atoms with Crippen molar-refractivity contribution in [1.29, 1.82) is 0 Å². The van der Waals surface area contributed by atoms with Gasteiger partial charge in [0, 0.05) is 6.42 Å². The predicted octanol–water partition coefficient (Wildman–Crippen LogP) is -0.527. The average Bonchev–Trinajstić information content (AvgIpc) is 2.73. The molecule has 2 rings (SSSR count). The second kappa shape index (κ2) is 3.90. The zero-order valence-corrected chi connectivity index (χ0v) is 9.03. The first-order valence-corrected chi connectivity index (χ1v) is 6.66. The van der Waals surface area contributed by atoms with Crippen molar-refractivity contribution in [1.82, 2.24) is 10.1 Å². The van der Waals surface area contributed by atoms with Gasteiger partial charge < -0.3 is 10.3 Å². The van der Waals surface area contributed by atoms with Crippen LogP contribution in [0.1, 0.15) is 24.1 Å². The minimum absolute atomic E-state index is 0.122. The number of hydrogen-bond acceptors (Lipinski definition) is 6. The van der Waals surface area contributed by atoms with Crippen molar-refractivity contribution in [2.45, 2.75) is 18.8 Å². The van der Waals surface area contributed by atoms with Crippen LogP contribution >= 0.6 is 0 Å². The number of rotatable bonds is 3. The van der Waals surface area contributed by atoms with Crippen LogP contribution in [0.3, 0.4) is 0 Å². The van der Waals surface area contributed by atoms with Gasteiger partial charge in [0.2, 0.25) is 5.89 Å². The van der Waals surface area contributed by atoms with Gasteiger partial charge in [-0.1, -0.05) is 5.16 Å². The fourth-order valence-electron chi connectivity index (χ4n) is 1.65. The summed E-state index contributed by atoms with van der Waals surface area (Å²) in [4.78, 5) is 4.13. The van der Waals surface area contributed by atoms with Crippen LogP contribution in [0.15, 0.2) is 4.52 Å². The monoisotopic (exact) mass is 231 g/mol. The minimum atomic E-state index is -2.90. The van der Waals surface area contributed by atoms with Gasteiger partial charge >= 0.3 is 0 Å². The van der Waals surface area contributed by atoms with Gasteiger partial charge in [0.1, 0.15) is 0 Å². The summed E-state index contributed by atoms with van der Waals surface area (Å²) in [6, 6.07) is 0. The molecule has 1 fully saturated rings. The van der Waals surface area contributed by atoms with Crippen LogP contribution in [0, 0.1) is 0 Å². The summed E-state index contributed by atoms with van der Waals surface area (Å²) in [6.07, 6.45) is 1.13. The number of nitrogens with two attached hydrogens (primary N) is 1. The van der Waals surface area contributed by atoms with E-state index in [1.165, 1.54) is 0 Å². The molecule has 15 heavy (non-hydrogen) atoms. The van der Waals surface area contributed by atoms with Crippen LogP contribution in [0.4, 0.5) is 0 Å². The molecule has 0 aliphatic carbocycles. The molecule has 0 amide bonds. The summed E-state index contributed by atoms with van der Waals surface area (Å²) in [5, 5.41) is 3.74. The van der Waals surface area contributed by atoms with Crippen LogP contribution in [-0.2, 0) is 16.3 Å². The second-order valence-electron chi connectivity index (χ2n) is 3.69. The highest BCUT2D eigenvalue weighted by Gasteiger charge is 2.32. The lowest BCUT2D eigenvalue weighted by molar-refractivity contribution is 0.356. The molecule has 1 aromatic rings. The maximum atomic E-state index is 11.2. The number of aromatic nitrogens is 2. The first-order valence-electron chi connectivity index (χ1n) is 4.84. The molecule has 0 saturated carbocycles. The van der Waals surface area contributed by atoms with Crippen molar-refractivity contribution in [3.05, 3.63) is 11.7 Å². The molecule has 2 N–H and O–H groups in total. The Morgan fingerprint density at radius 1 is 1.53 bits per heavy atom. The third-order valence-electron chi connectivity index (χ3n) is 2.43. The third-order valence-corrected chi connectivity index (χ3v) is 4.20. The SMILES string of the molecule is NCCc1noc(C2CCS(=O)(=O)C2)n1. The fourth-order valence-corrected chi connectivity index (χ4v) is 3.39. The van der Waals surface area contributed by atoms with E-state index in [0.29, 0.717) is 31.1 Å². The van der Waals surface area contributed by atoms with Crippen molar-refractivity contribution >= 4 is 9.84 Å². The van der Waals surface area contributed by atoms with Crippen LogP contribution in [-0.4, -0.2) is 36.6 Å². The molecule has 1 atom stereocenters. The number of nitrogens with zero attached hydrogens (tertiary/aromatic N) is 2. The van der Waals surface area contributed by atoms with E-state index < -0.39 is 9.84 Å². The molecule has 1 aliphatic rings. The van der Waals surface area contributed by atoms with E-state index in [2.05, 4.69) is 10.1 Å². The standard InChI is InChI=1S/C8H13N3O3S/c9-3-1-7-10-8(14-11-7)6-2-4-15(12,13)5-6/h6H,1-5,9H2. The molecule has 1 aliphatic heterocycles. The van der Waals surface area contributed by atoms with Crippen LogP contribution in [0.2, 0.25) is 0 Å². The quantitative estimate of drug-likeness (QED) is 0.751. The highest BCUT2D eigenvalue weighted by molar-refractivity contribution is 7.91. The van der Waals surface area contributed by atoms with Crippen molar-refractivity contribution in [2.75, 3.05) is 18.1 Å². The number of sulfone groups is 1. The Balaban J connectivity index is 2.10. The maximum Gasteiger partial charge on any atom is 0.230 e. The molecular weight excluding hydrogens is 218 g/mol. The Morgan fingerprint density at radius 2 is 2.33 bits per heavy atom. The Bertz CT molecular complexity index is 440. The highest BCUT2D eigenvalue weighted by Crippen LogP contribution is 2.27. The van der Waals surface area contributed by atoms with Crippen LogP contribution < -0.4 is 5.73 Å². The summed E-state index contributed by atoms with van der Waals surface area (Å²) >= 11 is 0. The molecule has 1 saturated heterocycles.